The van der Waals surface area contributed by atoms with Crippen LogP contribution in [0, 0.1) is 11.6 Å². The summed E-state index contributed by atoms with van der Waals surface area (Å²) in [6, 6.07) is 12.2. The number of rotatable bonds is 4. The van der Waals surface area contributed by atoms with Gasteiger partial charge in [-0.1, -0.05) is 39.0 Å². The van der Waals surface area contributed by atoms with E-state index in [1.54, 1.807) is 44.8 Å². The Morgan fingerprint density at radius 2 is 1.61 bits per heavy atom. The molecule has 2 aromatic carbocycles. The summed E-state index contributed by atoms with van der Waals surface area (Å²) in [7, 11) is 0. The van der Waals surface area contributed by atoms with Crippen LogP contribution in [-0.4, -0.2) is 75.8 Å². The van der Waals surface area contributed by atoms with Crippen LogP contribution in [0.1, 0.15) is 49.8 Å². The number of hydrogen-bond acceptors (Lipinski definition) is 5. The number of halogens is 2. The molecule has 0 bridgehead atoms. The topological polar surface area (TPSA) is 78.8 Å². The number of thioether (sulfide) groups is 1. The minimum atomic E-state index is -0.571. The summed E-state index contributed by atoms with van der Waals surface area (Å²) in [5.74, 6) is -1.03. The van der Waals surface area contributed by atoms with Crippen LogP contribution < -0.4 is 4.90 Å². The van der Waals surface area contributed by atoms with Crippen LogP contribution in [0.15, 0.2) is 48.5 Å². The standard InChI is InChI=1S/C30H33F2N5O3S/c1-19(38)34-13-15-35(16-14-34)24(39)17-36-25(40)18-41-27(22-7-5-6-8-23(22)32)26-28(30(2,3)4)33-37(29(26)36)21-11-9-20(31)10-12-21/h5-12,27H,13-18H2,1-4H3/t27-/m0/s1. The number of benzene rings is 2. The first-order valence-corrected chi connectivity index (χ1v) is 14.6. The van der Waals surface area contributed by atoms with Gasteiger partial charge >= 0.3 is 0 Å². The van der Waals surface area contributed by atoms with Crippen molar-refractivity contribution in [2.45, 2.75) is 38.4 Å². The predicted molar refractivity (Wildman–Crippen MR) is 154 cm³/mol. The lowest BCUT2D eigenvalue weighted by atomic mass is 9.87. The van der Waals surface area contributed by atoms with Gasteiger partial charge in [0.15, 0.2) is 0 Å². The fraction of sp³-hybridized carbons (Fsp3) is 0.400. The van der Waals surface area contributed by atoms with E-state index in [1.807, 2.05) is 20.8 Å². The maximum atomic E-state index is 15.3. The number of anilines is 1. The highest BCUT2D eigenvalue weighted by atomic mass is 32.2. The Hall–Kier alpha value is -3.73. The van der Waals surface area contributed by atoms with Gasteiger partial charge in [-0.3, -0.25) is 19.3 Å². The molecule has 3 heterocycles. The molecule has 1 aromatic heterocycles. The molecular weight excluding hydrogens is 548 g/mol. The predicted octanol–water partition coefficient (Wildman–Crippen LogP) is 4.31. The smallest absolute Gasteiger partial charge is 0.242 e. The van der Waals surface area contributed by atoms with Crippen molar-refractivity contribution >= 4 is 35.3 Å². The minimum Gasteiger partial charge on any atom is -0.339 e. The van der Waals surface area contributed by atoms with Crippen molar-refractivity contribution in [1.82, 2.24) is 19.6 Å². The van der Waals surface area contributed by atoms with Crippen molar-refractivity contribution in [2.75, 3.05) is 43.4 Å². The van der Waals surface area contributed by atoms with Gasteiger partial charge in [-0.05, 0) is 30.3 Å². The second kappa shape index (κ2) is 11.3. The van der Waals surface area contributed by atoms with E-state index in [0.29, 0.717) is 54.5 Å². The van der Waals surface area contributed by atoms with Gasteiger partial charge < -0.3 is 9.80 Å². The van der Waals surface area contributed by atoms with E-state index in [1.165, 1.54) is 41.8 Å². The first-order chi connectivity index (χ1) is 19.5. The van der Waals surface area contributed by atoms with E-state index in [0.717, 1.165) is 0 Å². The van der Waals surface area contributed by atoms with E-state index in [9.17, 15) is 18.8 Å². The number of hydrogen-bond donors (Lipinski definition) is 0. The molecule has 0 aliphatic carbocycles. The molecule has 8 nitrogen and oxygen atoms in total. The lowest BCUT2D eigenvalue weighted by Gasteiger charge is -2.35. The maximum Gasteiger partial charge on any atom is 0.242 e. The maximum absolute atomic E-state index is 15.3. The molecule has 2 aliphatic rings. The summed E-state index contributed by atoms with van der Waals surface area (Å²) in [4.78, 5) is 43.9. The first-order valence-electron chi connectivity index (χ1n) is 13.5. The summed E-state index contributed by atoms with van der Waals surface area (Å²) in [5, 5.41) is 4.37. The van der Waals surface area contributed by atoms with Crippen molar-refractivity contribution in [2.24, 2.45) is 0 Å². The third kappa shape index (κ3) is 5.72. The highest BCUT2D eigenvalue weighted by molar-refractivity contribution is 8.00. The molecule has 0 spiro atoms. The minimum absolute atomic E-state index is 0.0199. The number of nitrogens with zero attached hydrogens (tertiary/aromatic N) is 5. The van der Waals surface area contributed by atoms with Gasteiger partial charge in [-0.2, -0.15) is 5.10 Å². The molecule has 5 rings (SSSR count). The molecule has 0 radical (unpaired) electrons. The van der Waals surface area contributed by atoms with Crippen LogP contribution in [0.2, 0.25) is 0 Å². The molecule has 3 aromatic rings. The number of amides is 3. The largest absolute Gasteiger partial charge is 0.339 e. The zero-order valence-electron chi connectivity index (χ0n) is 23.6. The summed E-state index contributed by atoms with van der Waals surface area (Å²) in [6.07, 6.45) is 0. The summed E-state index contributed by atoms with van der Waals surface area (Å²) < 4.78 is 30.8. The van der Waals surface area contributed by atoms with E-state index in [-0.39, 0.29) is 30.0 Å². The second-order valence-corrected chi connectivity index (χ2v) is 12.4. The van der Waals surface area contributed by atoms with Crippen LogP contribution in [0.5, 0.6) is 0 Å². The fourth-order valence-electron chi connectivity index (χ4n) is 5.27. The molecule has 11 heteroatoms. The zero-order chi connectivity index (χ0) is 29.5. The van der Waals surface area contributed by atoms with E-state index in [4.69, 9.17) is 5.10 Å². The van der Waals surface area contributed by atoms with Crippen LogP contribution >= 0.6 is 11.8 Å². The molecule has 1 fully saturated rings. The number of carbonyl (C=O) groups excluding carboxylic acids is 3. The first kappa shape index (κ1) is 28.8. The van der Waals surface area contributed by atoms with Crippen molar-refractivity contribution in [3.8, 4) is 5.69 Å². The third-order valence-corrected chi connectivity index (χ3v) is 8.67. The lowest BCUT2D eigenvalue weighted by molar-refractivity contribution is -0.137. The molecule has 0 unspecified atom stereocenters. The Balaban J connectivity index is 1.66. The van der Waals surface area contributed by atoms with E-state index < -0.39 is 22.3 Å². The molecule has 3 amide bonds. The molecule has 41 heavy (non-hydrogen) atoms. The second-order valence-electron chi connectivity index (χ2n) is 11.3. The van der Waals surface area contributed by atoms with Gasteiger partial charge in [0.05, 0.1) is 22.4 Å². The molecule has 2 aliphatic heterocycles. The Morgan fingerprint density at radius 3 is 2.22 bits per heavy atom. The Labute approximate surface area is 242 Å². The van der Waals surface area contributed by atoms with Gasteiger partial charge in [-0.25, -0.2) is 13.5 Å². The number of aromatic nitrogens is 2. The Morgan fingerprint density at radius 1 is 0.976 bits per heavy atom. The summed E-state index contributed by atoms with van der Waals surface area (Å²) in [6.45, 7) is 8.81. The fourth-order valence-corrected chi connectivity index (χ4v) is 6.49. The van der Waals surface area contributed by atoms with Crippen molar-refractivity contribution in [1.29, 1.82) is 0 Å². The third-order valence-electron chi connectivity index (χ3n) is 7.43. The summed E-state index contributed by atoms with van der Waals surface area (Å²) >= 11 is 1.30. The Kier molecular flexibility index (Phi) is 7.91. The van der Waals surface area contributed by atoms with Crippen molar-refractivity contribution < 1.29 is 23.2 Å². The lowest BCUT2D eigenvalue weighted by Crippen LogP contribution is -2.53. The molecule has 1 saturated heterocycles. The molecule has 0 saturated carbocycles. The zero-order valence-corrected chi connectivity index (χ0v) is 24.4. The highest BCUT2D eigenvalue weighted by Crippen LogP contribution is 2.48. The van der Waals surface area contributed by atoms with Gasteiger partial charge in [0.25, 0.3) is 0 Å². The highest BCUT2D eigenvalue weighted by Gasteiger charge is 2.41. The average Bonchev–Trinajstić information content (AvgIpc) is 3.27. The van der Waals surface area contributed by atoms with Gasteiger partial charge in [0.2, 0.25) is 17.7 Å². The summed E-state index contributed by atoms with van der Waals surface area (Å²) in [5.41, 5.74) is 1.73. The molecule has 0 N–H and O–H groups in total. The average molecular weight is 582 g/mol. The molecular formula is C30H33F2N5O3S. The monoisotopic (exact) mass is 581 g/mol. The van der Waals surface area contributed by atoms with Crippen LogP contribution in [0.4, 0.5) is 14.6 Å². The van der Waals surface area contributed by atoms with Crippen LogP contribution in [0.3, 0.4) is 0 Å². The molecule has 1 atom stereocenters. The van der Waals surface area contributed by atoms with Crippen LogP contribution in [0.25, 0.3) is 5.69 Å². The van der Waals surface area contributed by atoms with Gasteiger partial charge in [-0.15, -0.1) is 11.8 Å². The van der Waals surface area contributed by atoms with Crippen molar-refractivity contribution in [3.63, 3.8) is 0 Å². The van der Waals surface area contributed by atoms with Gasteiger partial charge in [0.1, 0.15) is 24.0 Å². The number of carbonyl (C=O) groups is 3. The molecule has 216 valence electrons. The SMILES string of the molecule is CC(=O)N1CCN(C(=O)CN2C(=O)CS[C@@H](c3ccccc3F)c3c(C(C)(C)C)nn(-c4ccc(F)cc4)c32)CC1. The normalized spacial score (nSPS) is 17.9. The Bertz CT molecular complexity index is 1480. The van der Waals surface area contributed by atoms with Crippen LogP contribution in [-0.2, 0) is 19.8 Å². The quantitative estimate of drug-likeness (QED) is 0.459. The number of piperazine rings is 1. The van der Waals surface area contributed by atoms with Gasteiger partial charge in [0, 0.05) is 49.6 Å². The van der Waals surface area contributed by atoms with E-state index >= 15 is 4.39 Å². The van der Waals surface area contributed by atoms with Crippen molar-refractivity contribution in [3.05, 3.63) is 77.0 Å². The van der Waals surface area contributed by atoms with E-state index in [2.05, 4.69) is 0 Å². The number of fused-ring (bicyclic) bond motifs is 1.